The summed E-state index contributed by atoms with van der Waals surface area (Å²) in [6.45, 7) is -1.27. The van der Waals surface area contributed by atoms with Gasteiger partial charge in [0.05, 0.1) is 31.6 Å². The number of nitrogens with zero attached hydrogens (tertiary/aromatic N) is 4. The van der Waals surface area contributed by atoms with E-state index in [1.165, 1.54) is 34.2 Å². The maximum absolute atomic E-state index is 13.4. The van der Waals surface area contributed by atoms with Gasteiger partial charge in [0.25, 0.3) is 5.56 Å². The van der Waals surface area contributed by atoms with Crippen LogP contribution in [-0.2, 0) is 28.2 Å². The number of aromatic amines is 1. The fraction of sp³-hybridized carbons (Fsp3) is 0.647. The third-order valence-corrected chi connectivity index (χ3v) is 8.78. The van der Waals surface area contributed by atoms with E-state index in [2.05, 4.69) is 30.2 Å². The van der Waals surface area contributed by atoms with Crippen molar-refractivity contribution >= 4 is 30.0 Å². The van der Waals surface area contributed by atoms with Gasteiger partial charge in [0.15, 0.2) is 0 Å². The Morgan fingerprint density at radius 3 is 2.82 bits per heavy atom. The summed E-state index contributed by atoms with van der Waals surface area (Å²) in [6, 6.07) is -1.80. The molecular weight excluding hydrogens is 493 g/mol. The van der Waals surface area contributed by atoms with Gasteiger partial charge >= 0.3 is 18.4 Å². The van der Waals surface area contributed by atoms with Crippen molar-refractivity contribution in [2.45, 2.75) is 44.7 Å². The number of azide groups is 1. The van der Waals surface area contributed by atoms with Crippen molar-refractivity contribution in [1.29, 1.82) is 0 Å². The van der Waals surface area contributed by atoms with Crippen LogP contribution < -0.4 is 21.7 Å². The predicted octanol–water partition coefficient (Wildman–Crippen LogP) is 0.566. The van der Waals surface area contributed by atoms with Gasteiger partial charge in [0.1, 0.15) is 12.3 Å². The van der Waals surface area contributed by atoms with Gasteiger partial charge in [-0.3, -0.25) is 28.5 Å². The molecule has 17 heteroatoms. The first kappa shape index (κ1) is 27.6. The molecule has 2 heterocycles. The molecule has 1 aromatic rings. The minimum absolute atomic E-state index is 0.0884. The summed E-state index contributed by atoms with van der Waals surface area (Å²) in [7, 11) is 2.58. The topological polar surface area (TPSA) is 207 Å². The number of amides is 1. The van der Waals surface area contributed by atoms with E-state index in [9.17, 15) is 23.7 Å². The Kier molecular flexibility index (Phi) is 9.91. The second-order valence-electron chi connectivity index (χ2n) is 7.23. The number of methoxy groups -OCH3 is 1. The Balaban J connectivity index is 2.21. The summed E-state index contributed by atoms with van der Waals surface area (Å²) >= 11 is 0.662. The second-order valence-corrected chi connectivity index (χ2v) is 11.5. The van der Waals surface area contributed by atoms with Crippen LogP contribution in [0, 0.1) is 6.92 Å². The summed E-state index contributed by atoms with van der Waals surface area (Å²) < 4.78 is 30.5. The average Bonchev–Trinajstić information content (AvgIpc) is 3.20. The van der Waals surface area contributed by atoms with Gasteiger partial charge in [-0.1, -0.05) is 5.11 Å². The summed E-state index contributed by atoms with van der Waals surface area (Å²) in [4.78, 5) is 52.2. The number of nitrogens with one attached hydrogen (secondary N) is 3. The van der Waals surface area contributed by atoms with E-state index in [4.69, 9.17) is 14.8 Å². The Hall–Kier alpha value is -2.61. The van der Waals surface area contributed by atoms with Crippen LogP contribution in [0.5, 0.6) is 0 Å². The first-order valence-electron chi connectivity index (χ1n) is 10.0. The molecule has 1 aliphatic rings. The first-order chi connectivity index (χ1) is 16.0. The molecule has 0 aromatic carbocycles. The molecule has 1 fully saturated rings. The number of hydrogen-bond acceptors (Lipinski definition) is 10. The van der Waals surface area contributed by atoms with Gasteiger partial charge in [0.2, 0.25) is 5.91 Å². The van der Waals surface area contributed by atoms with Crippen LogP contribution in [0.1, 0.15) is 25.1 Å². The molecule has 34 heavy (non-hydrogen) atoms. The van der Waals surface area contributed by atoms with Crippen molar-refractivity contribution in [2.75, 3.05) is 26.5 Å². The molecule has 1 aliphatic heterocycles. The largest absolute Gasteiger partial charge is 0.468 e. The van der Waals surface area contributed by atoms with Gasteiger partial charge < -0.3 is 19.3 Å². The number of hydrogen-bond donors (Lipinski definition) is 3. The molecule has 1 aromatic heterocycles. The molecule has 188 valence electrons. The lowest BCUT2D eigenvalue weighted by Crippen LogP contribution is -2.34. The van der Waals surface area contributed by atoms with Gasteiger partial charge in [-0.15, -0.1) is 0 Å². The molecule has 1 unspecified atom stereocenters. The molecule has 1 saturated heterocycles. The zero-order chi connectivity index (χ0) is 25.5. The van der Waals surface area contributed by atoms with E-state index in [-0.39, 0.29) is 24.3 Å². The molecule has 0 aliphatic carbocycles. The second kappa shape index (κ2) is 12.2. The minimum atomic E-state index is -3.85. The van der Waals surface area contributed by atoms with Crippen molar-refractivity contribution in [2.24, 2.45) is 5.11 Å². The van der Waals surface area contributed by atoms with E-state index in [0.29, 0.717) is 11.4 Å². The molecule has 0 saturated carbocycles. The molecular formula is C17H26N7O8PS. The molecule has 5 atom stereocenters. The Morgan fingerprint density at radius 2 is 2.21 bits per heavy atom. The van der Waals surface area contributed by atoms with Gasteiger partial charge in [-0.05, 0) is 30.8 Å². The Labute approximate surface area is 197 Å². The Bertz CT molecular complexity index is 1120. The SMILES string of the molecule is CNC(=O)CSP(=O)(N[C@@H](C)C(=O)OC)OC[C@H]1O[C@@H](n2cc(C)c(=O)[nH]c2=O)C[C@@H]1N=[N+]=[N-]. The Morgan fingerprint density at radius 1 is 1.50 bits per heavy atom. The lowest BCUT2D eigenvalue weighted by molar-refractivity contribution is -0.142. The highest BCUT2D eigenvalue weighted by Gasteiger charge is 2.39. The summed E-state index contributed by atoms with van der Waals surface area (Å²) in [6.07, 6.45) is -0.381. The summed E-state index contributed by atoms with van der Waals surface area (Å²) in [5.41, 5.74) is 7.96. The van der Waals surface area contributed by atoms with E-state index < -0.39 is 54.3 Å². The number of aryl methyl sites for hydroxylation is 1. The number of carbonyl (C=O) groups is 2. The molecule has 0 spiro atoms. The van der Waals surface area contributed by atoms with Gasteiger partial charge in [0, 0.05) is 30.1 Å². The molecule has 1 amide bonds. The summed E-state index contributed by atoms with van der Waals surface area (Å²) in [5.74, 6) is -1.34. The number of rotatable bonds is 11. The highest BCUT2D eigenvalue weighted by Crippen LogP contribution is 2.56. The van der Waals surface area contributed by atoms with E-state index in [1.54, 1.807) is 0 Å². The van der Waals surface area contributed by atoms with Crippen LogP contribution in [0.4, 0.5) is 0 Å². The third kappa shape index (κ3) is 7.19. The van der Waals surface area contributed by atoms with Crippen LogP contribution in [0.25, 0.3) is 10.4 Å². The standard InChI is InChI=1S/C17H26N7O8PS/c1-9-6-24(17(28)20-15(9)26)14-5-11(21-23-18)12(32-14)7-31-33(29,34-8-13(25)19-3)22-10(2)16(27)30-4/h6,10-12,14H,5,7-8H2,1-4H3,(H,19,25)(H,22,29)(H,20,26,28)/t10-,11-,12+,14+,33?/m0/s1. The third-order valence-electron chi connectivity index (χ3n) is 4.82. The van der Waals surface area contributed by atoms with Crippen molar-refractivity contribution in [1.82, 2.24) is 20.0 Å². The number of aromatic nitrogens is 2. The minimum Gasteiger partial charge on any atom is -0.468 e. The van der Waals surface area contributed by atoms with Gasteiger partial charge in [-0.2, -0.15) is 0 Å². The average molecular weight is 519 g/mol. The first-order valence-corrected chi connectivity index (χ1v) is 13.2. The zero-order valence-electron chi connectivity index (χ0n) is 18.9. The normalized spacial score (nSPS) is 22.3. The van der Waals surface area contributed by atoms with Gasteiger partial charge in [-0.25, -0.2) is 9.88 Å². The fourth-order valence-corrected chi connectivity index (χ4v) is 6.53. The van der Waals surface area contributed by atoms with Crippen LogP contribution in [0.2, 0.25) is 0 Å². The van der Waals surface area contributed by atoms with Crippen LogP contribution in [0.15, 0.2) is 20.9 Å². The van der Waals surface area contributed by atoms with Crippen LogP contribution >= 0.6 is 18.1 Å². The quantitative estimate of drug-likeness (QED) is 0.122. The van der Waals surface area contributed by atoms with Crippen LogP contribution in [0.3, 0.4) is 0 Å². The van der Waals surface area contributed by atoms with Crippen molar-refractivity contribution in [3.8, 4) is 0 Å². The van der Waals surface area contributed by atoms with E-state index in [0.717, 1.165) is 4.57 Å². The fourth-order valence-electron chi connectivity index (χ4n) is 2.99. The van der Waals surface area contributed by atoms with E-state index >= 15 is 0 Å². The maximum Gasteiger partial charge on any atom is 0.330 e. The monoisotopic (exact) mass is 519 g/mol. The van der Waals surface area contributed by atoms with Crippen molar-refractivity contribution in [3.05, 3.63) is 43.0 Å². The molecule has 2 rings (SSSR count). The number of H-pyrrole nitrogens is 1. The highest BCUT2D eigenvalue weighted by atomic mass is 32.7. The molecule has 3 N–H and O–H groups in total. The lowest BCUT2D eigenvalue weighted by atomic mass is 10.1. The van der Waals surface area contributed by atoms with Crippen LogP contribution in [-0.4, -0.2) is 66.1 Å². The predicted molar refractivity (Wildman–Crippen MR) is 122 cm³/mol. The number of esters is 1. The smallest absolute Gasteiger partial charge is 0.330 e. The number of carbonyl (C=O) groups excluding carboxylic acids is 2. The molecule has 15 nitrogen and oxygen atoms in total. The zero-order valence-corrected chi connectivity index (χ0v) is 20.6. The molecule has 0 bridgehead atoms. The lowest BCUT2D eigenvalue weighted by Gasteiger charge is -2.24. The highest BCUT2D eigenvalue weighted by molar-refractivity contribution is 8.56. The number of ether oxygens (including phenoxy) is 2. The van der Waals surface area contributed by atoms with Crippen molar-refractivity contribution in [3.63, 3.8) is 0 Å². The van der Waals surface area contributed by atoms with E-state index in [1.807, 2.05) is 0 Å². The summed E-state index contributed by atoms with van der Waals surface area (Å²) in [5, 5.41) is 8.61. The molecule has 0 radical (unpaired) electrons. The van der Waals surface area contributed by atoms with Crippen molar-refractivity contribution < 1.29 is 28.2 Å². The maximum atomic E-state index is 13.4.